The lowest BCUT2D eigenvalue weighted by Crippen LogP contribution is -2.05. The molecule has 2 rings (SSSR count). The average molecular weight is 350 g/mol. The van der Waals surface area contributed by atoms with Crippen molar-refractivity contribution in [2.24, 2.45) is 0 Å². The summed E-state index contributed by atoms with van der Waals surface area (Å²) in [5.41, 5.74) is 1.71. The number of benzene rings is 2. The first kappa shape index (κ1) is 18.8. The molecule has 0 aromatic heterocycles. The molecule has 0 unspecified atom stereocenters. The molecule has 2 aromatic rings. The maximum Gasteiger partial charge on any atom is 0.338 e. The third-order valence-electron chi connectivity index (χ3n) is 3.36. The minimum Gasteiger partial charge on any atom is -0.481 e. The van der Waals surface area contributed by atoms with Gasteiger partial charge in [-0.3, -0.25) is 4.79 Å². The Balaban J connectivity index is 2.33. The summed E-state index contributed by atoms with van der Waals surface area (Å²) >= 11 is 0. The van der Waals surface area contributed by atoms with E-state index in [4.69, 9.17) is 16.3 Å². The summed E-state index contributed by atoms with van der Waals surface area (Å²) in [6.07, 6.45) is 5.00. The van der Waals surface area contributed by atoms with E-state index in [0.717, 1.165) is 0 Å². The van der Waals surface area contributed by atoms with Crippen molar-refractivity contribution >= 4 is 11.9 Å². The fourth-order valence-corrected chi connectivity index (χ4v) is 2.19. The highest BCUT2D eigenvalue weighted by Gasteiger charge is 2.09. The molecule has 5 heteroatoms. The zero-order valence-electron chi connectivity index (χ0n) is 14.0. The molecule has 0 saturated carbocycles. The topological polar surface area (TPSA) is 63.6 Å². The van der Waals surface area contributed by atoms with Crippen LogP contribution in [0.4, 0.5) is 4.39 Å². The highest BCUT2D eigenvalue weighted by Crippen LogP contribution is 2.13. The van der Waals surface area contributed by atoms with Gasteiger partial charge in [0, 0.05) is 16.7 Å². The largest absolute Gasteiger partial charge is 0.481 e. The summed E-state index contributed by atoms with van der Waals surface area (Å²) in [5.74, 6) is 5.80. The third-order valence-corrected chi connectivity index (χ3v) is 3.36. The summed E-state index contributed by atoms with van der Waals surface area (Å²) < 4.78 is 18.8. The standard InChI is InChI=1S/C21H15FO4/c1-3-14-9-16(11-18(10-14)21(25)26-4-2)6-5-15-7-8-17(13-20(23)24)19(22)12-15/h1,7-12H,4,13H2,2H3,(H,23,24). The second-order valence-electron chi connectivity index (χ2n) is 5.29. The van der Waals surface area contributed by atoms with Crippen LogP contribution < -0.4 is 0 Å². The highest BCUT2D eigenvalue weighted by molar-refractivity contribution is 5.90. The van der Waals surface area contributed by atoms with Crippen molar-refractivity contribution in [1.29, 1.82) is 0 Å². The van der Waals surface area contributed by atoms with Crippen molar-refractivity contribution in [2.45, 2.75) is 13.3 Å². The maximum atomic E-state index is 13.9. The van der Waals surface area contributed by atoms with Crippen molar-refractivity contribution in [3.63, 3.8) is 0 Å². The number of hydrogen-bond acceptors (Lipinski definition) is 3. The fourth-order valence-electron chi connectivity index (χ4n) is 2.19. The predicted octanol–water partition coefficient (Wildman–Crippen LogP) is 3.01. The lowest BCUT2D eigenvalue weighted by Gasteiger charge is -2.03. The minimum atomic E-state index is -1.11. The van der Waals surface area contributed by atoms with Gasteiger partial charge in [0.25, 0.3) is 0 Å². The monoisotopic (exact) mass is 350 g/mol. The van der Waals surface area contributed by atoms with Gasteiger partial charge < -0.3 is 9.84 Å². The molecule has 0 fully saturated rings. The van der Waals surface area contributed by atoms with Crippen molar-refractivity contribution in [3.05, 3.63) is 70.0 Å². The van der Waals surface area contributed by atoms with Gasteiger partial charge in [-0.05, 0) is 42.8 Å². The van der Waals surface area contributed by atoms with Crippen LogP contribution in [0.25, 0.3) is 0 Å². The Morgan fingerprint density at radius 2 is 1.81 bits per heavy atom. The summed E-state index contributed by atoms with van der Waals surface area (Å²) in [5, 5.41) is 8.72. The number of carboxylic acids is 1. The van der Waals surface area contributed by atoms with E-state index in [1.54, 1.807) is 19.1 Å². The van der Waals surface area contributed by atoms with Crippen LogP contribution in [-0.4, -0.2) is 23.7 Å². The lowest BCUT2D eigenvalue weighted by atomic mass is 10.0. The molecule has 0 aliphatic carbocycles. The van der Waals surface area contributed by atoms with E-state index < -0.39 is 24.2 Å². The minimum absolute atomic E-state index is 0.0852. The molecule has 4 nitrogen and oxygen atoms in total. The highest BCUT2D eigenvalue weighted by atomic mass is 19.1. The summed E-state index contributed by atoms with van der Waals surface area (Å²) in [4.78, 5) is 22.5. The molecule has 0 amide bonds. The quantitative estimate of drug-likeness (QED) is 0.680. The average Bonchev–Trinajstić information content (AvgIpc) is 2.61. The molecule has 0 bridgehead atoms. The predicted molar refractivity (Wildman–Crippen MR) is 94.1 cm³/mol. The number of carbonyl (C=O) groups excluding carboxylic acids is 1. The molecule has 2 aromatic carbocycles. The van der Waals surface area contributed by atoms with Crippen LogP contribution in [0.15, 0.2) is 36.4 Å². The smallest absolute Gasteiger partial charge is 0.338 e. The SMILES string of the molecule is C#Cc1cc(C#Cc2ccc(CC(=O)O)c(F)c2)cc(C(=O)OCC)c1. The Labute approximate surface area is 150 Å². The summed E-state index contributed by atoms with van der Waals surface area (Å²) in [6.45, 7) is 1.94. The van der Waals surface area contributed by atoms with Gasteiger partial charge in [0.15, 0.2) is 0 Å². The second kappa shape index (κ2) is 8.50. The molecule has 0 heterocycles. The molecule has 1 N–H and O–H groups in total. The van der Waals surface area contributed by atoms with Crippen LogP contribution in [0.5, 0.6) is 0 Å². The molecule has 0 aliphatic heterocycles. The number of rotatable bonds is 4. The first-order valence-electron chi connectivity index (χ1n) is 7.74. The molecule has 0 aliphatic rings. The zero-order valence-corrected chi connectivity index (χ0v) is 14.0. The van der Waals surface area contributed by atoms with E-state index >= 15 is 0 Å². The summed E-state index contributed by atoms with van der Waals surface area (Å²) in [6, 6.07) is 8.79. The van der Waals surface area contributed by atoms with E-state index in [2.05, 4.69) is 17.8 Å². The number of terminal acetylenes is 1. The van der Waals surface area contributed by atoms with Crippen LogP contribution >= 0.6 is 0 Å². The molecular weight excluding hydrogens is 335 g/mol. The van der Waals surface area contributed by atoms with Crippen molar-refractivity contribution in [3.8, 4) is 24.2 Å². The van der Waals surface area contributed by atoms with Gasteiger partial charge in [-0.15, -0.1) is 6.42 Å². The molecule has 0 atom stereocenters. The maximum absolute atomic E-state index is 13.9. The van der Waals surface area contributed by atoms with Gasteiger partial charge in [-0.2, -0.15) is 0 Å². The number of aliphatic carboxylic acids is 1. The van der Waals surface area contributed by atoms with Crippen LogP contribution in [0.1, 0.15) is 39.5 Å². The van der Waals surface area contributed by atoms with Gasteiger partial charge in [-0.1, -0.05) is 23.8 Å². The van der Waals surface area contributed by atoms with Crippen molar-refractivity contribution in [2.75, 3.05) is 6.61 Å². The Morgan fingerprint density at radius 3 is 2.42 bits per heavy atom. The Kier molecular flexibility index (Phi) is 6.14. The van der Waals surface area contributed by atoms with E-state index in [-0.39, 0.29) is 17.7 Å². The van der Waals surface area contributed by atoms with Crippen molar-refractivity contribution < 1.29 is 23.8 Å². The van der Waals surface area contributed by atoms with Crippen molar-refractivity contribution in [1.82, 2.24) is 0 Å². The van der Waals surface area contributed by atoms with E-state index in [1.165, 1.54) is 24.3 Å². The normalized spacial score (nSPS) is 9.58. The Hall–Kier alpha value is -3.57. The second-order valence-corrected chi connectivity index (χ2v) is 5.29. The van der Waals surface area contributed by atoms with Gasteiger partial charge in [0.1, 0.15) is 5.82 Å². The first-order valence-corrected chi connectivity index (χ1v) is 7.74. The Morgan fingerprint density at radius 1 is 1.12 bits per heavy atom. The fraction of sp³-hybridized carbons (Fsp3) is 0.143. The van der Waals surface area contributed by atoms with Crippen LogP contribution in [-0.2, 0) is 16.0 Å². The van der Waals surface area contributed by atoms with E-state index in [1.807, 2.05) is 0 Å². The number of esters is 1. The summed E-state index contributed by atoms with van der Waals surface area (Å²) in [7, 11) is 0. The van der Waals surface area contributed by atoms with Crippen LogP contribution in [0.3, 0.4) is 0 Å². The molecular formula is C21H15FO4. The van der Waals surface area contributed by atoms with E-state index in [0.29, 0.717) is 16.7 Å². The molecule has 0 saturated heterocycles. The van der Waals surface area contributed by atoms with Gasteiger partial charge in [-0.25, -0.2) is 9.18 Å². The number of carbonyl (C=O) groups is 2. The molecule has 26 heavy (non-hydrogen) atoms. The number of carboxylic acid groups (broad SMARTS) is 1. The number of halogens is 1. The number of ether oxygens (including phenoxy) is 1. The molecule has 0 spiro atoms. The van der Waals surface area contributed by atoms with Gasteiger partial charge in [0.2, 0.25) is 0 Å². The third kappa shape index (κ3) is 4.96. The Bertz CT molecular complexity index is 958. The zero-order chi connectivity index (χ0) is 19.1. The number of hydrogen-bond donors (Lipinski definition) is 1. The van der Waals surface area contributed by atoms with Gasteiger partial charge in [0.05, 0.1) is 18.6 Å². The van der Waals surface area contributed by atoms with E-state index in [9.17, 15) is 14.0 Å². The lowest BCUT2D eigenvalue weighted by molar-refractivity contribution is -0.136. The first-order chi connectivity index (χ1) is 12.4. The van der Waals surface area contributed by atoms with Crippen LogP contribution in [0.2, 0.25) is 0 Å². The molecule has 130 valence electrons. The molecule has 0 radical (unpaired) electrons. The van der Waals surface area contributed by atoms with Crippen LogP contribution in [0, 0.1) is 30.0 Å². The van der Waals surface area contributed by atoms with Gasteiger partial charge >= 0.3 is 11.9 Å².